The minimum Gasteiger partial charge on any atom is -0.469 e. The molecule has 13 rings (SSSR count). The molecule has 5 N–H and O–H groups in total. The lowest BCUT2D eigenvalue weighted by Crippen LogP contribution is -2.81. The minimum atomic E-state index is -1.55. The third-order valence-electron chi connectivity index (χ3n) is 21.8. The van der Waals surface area contributed by atoms with Crippen LogP contribution in [0.15, 0.2) is 59.2 Å². The first-order valence-corrected chi connectivity index (χ1v) is 27.2. The van der Waals surface area contributed by atoms with Crippen LogP contribution in [0, 0.1) is 80.8 Å². The molecule has 6 aliphatic carbocycles. The van der Waals surface area contributed by atoms with E-state index in [0.717, 1.165) is 58.2 Å². The van der Waals surface area contributed by atoms with E-state index < -0.39 is 93.2 Å². The maximum Gasteiger partial charge on any atom is 0.339 e. The topological polar surface area (TPSA) is 189 Å². The van der Waals surface area contributed by atoms with E-state index in [1.807, 2.05) is 26.0 Å². The van der Waals surface area contributed by atoms with Crippen molar-refractivity contribution in [1.29, 1.82) is 0 Å². The molecule has 11 aliphatic rings. The van der Waals surface area contributed by atoms with E-state index >= 15 is 9.59 Å². The summed E-state index contributed by atoms with van der Waals surface area (Å²) in [6.07, 6.45) is 11.0. The first kappa shape index (κ1) is 46.9. The third kappa shape index (κ3) is 6.04. The van der Waals surface area contributed by atoms with Crippen LogP contribution < -0.4 is 10.6 Å². The van der Waals surface area contributed by atoms with Crippen LogP contribution in [0.4, 0.5) is 0 Å². The molecule has 71 heavy (non-hydrogen) atoms. The summed E-state index contributed by atoms with van der Waals surface area (Å²) in [6, 6.07) is 12.7. The number of carbonyl (C=O) groups excluding carboxylic acids is 3. The standard InChI is InChI=1S/C58H72N2O11/c1-52(2)46-45(63)47(64)57-40-27-34(26-33-10-5-4-6-11-33)13-14-36(40)12-9-23-56(39-20-25-67-43(39)28-38(42(62)30-61)35-15-17-37(18-16-35)41-29-59-32-60-41)53(3,58(57)48(69-58)49(65)70-56)24-19-44(57)55(46)31-68-51(66)54(50(55)71-52)21-7-8-22-54/h4-6,10-11,15,17,20,25,34-38,40-42,44,46-48,50,59-62,64H,7-8,13-14,16,18-19,21-24,26-32H2,1-3H3. The number of cyclic esters (lactones) is 1. The van der Waals surface area contributed by atoms with Crippen LogP contribution in [0.2, 0.25) is 0 Å². The van der Waals surface area contributed by atoms with Crippen LogP contribution in [0.25, 0.3) is 0 Å². The summed E-state index contributed by atoms with van der Waals surface area (Å²) in [5.74, 6) is 5.11. The summed E-state index contributed by atoms with van der Waals surface area (Å²) in [5, 5.41) is 43.1. The van der Waals surface area contributed by atoms with Gasteiger partial charge in [-0.25, -0.2) is 4.79 Å². The molecule has 6 heterocycles. The molecule has 4 saturated carbocycles. The number of benzene rings is 1. The van der Waals surface area contributed by atoms with E-state index in [0.29, 0.717) is 55.4 Å². The molecule has 5 saturated heterocycles. The van der Waals surface area contributed by atoms with Crippen LogP contribution in [-0.2, 0) is 51.8 Å². The minimum absolute atomic E-state index is 0.00828. The fourth-order valence-electron chi connectivity index (χ4n) is 19.1. The van der Waals surface area contributed by atoms with Crippen molar-refractivity contribution < 1.29 is 53.1 Å². The Balaban J connectivity index is 0.985. The fraction of sp³-hybridized carbons (Fsp3) is 0.707. The normalized spacial score (nSPS) is 46.1. The summed E-state index contributed by atoms with van der Waals surface area (Å²) < 4.78 is 34.7. The van der Waals surface area contributed by atoms with Crippen LogP contribution >= 0.6 is 0 Å². The molecule has 380 valence electrons. The SMILES string of the molecule is CC1(C)OC2C3(CCCC3)C(=O)OCC23C1C(=O)C(O)C12C4CC(Cc5ccccc5)CCC4C#CCC4(c5ccoc5CC(C(O)CO)C5C=CC(C6CNCN6)CC5)OC(=O)C5OC51C4(C)CCC32. The van der Waals surface area contributed by atoms with Crippen molar-refractivity contribution in [3.63, 3.8) is 0 Å². The van der Waals surface area contributed by atoms with Crippen LogP contribution in [0.5, 0.6) is 0 Å². The molecule has 1 aromatic carbocycles. The number of ketones is 1. The molecular weight excluding hydrogens is 901 g/mol. The van der Waals surface area contributed by atoms with E-state index in [1.165, 1.54) is 5.56 Å². The van der Waals surface area contributed by atoms with E-state index in [9.17, 15) is 20.1 Å². The van der Waals surface area contributed by atoms with Gasteiger partial charge in [0.2, 0.25) is 0 Å². The Morgan fingerprint density at radius 1 is 0.944 bits per heavy atom. The highest BCUT2D eigenvalue weighted by molar-refractivity contribution is 5.93. The number of epoxide rings is 1. The average molecular weight is 973 g/mol. The first-order chi connectivity index (χ1) is 34.2. The van der Waals surface area contributed by atoms with Gasteiger partial charge in [0.25, 0.3) is 0 Å². The quantitative estimate of drug-likeness (QED) is 0.0891. The second-order valence-electron chi connectivity index (χ2n) is 24.9. The van der Waals surface area contributed by atoms with Gasteiger partial charge in [-0.3, -0.25) is 14.9 Å². The zero-order chi connectivity index (χ0) is 48.9. The summed E-state index contributed by atoms with van der Waals surface area (Å²) in [4.78, 5) is 46.0. The van der Waals surface area contributed by atoms with Gasteiger partial charge in [-0.05, 0) is 119 Å². The zero-order valence-corrected chi connectivity index (χ0v) is 41.5. The van der Waals surface area contributed by atoms with E-state index in [-0.39, 0.29) is 54.9 Å². The summed E-state index contributed by atoms with van der Waals surface area (Å²) in [6.45, 7) is 7.33. The molecule has 13 nitrogen and oxygen atoms in total. The number of furan rings is 1. The molecule has 1 aromatic heterocycles. The van der Waals surface area contributed by atoms with Crippen LogP contribution in [0.1, 0.15) is 115 Å². The molecule has 0 amide bonds. The van der Waals surface area contributed by atoms with Crippen molar-refractivity contribution in [1.82, 2.24) is 10.6 Å². The van der Waals surface area contributed by atoms with Gasteiger partial charge in [-0.2, -0.15) is 0 Å². The number of hydrogen-bond donors (Lipinski definition) is 5. The maximum atomic E-state index is 16.2. The molecule has 4 bridgehead atoms. The molecule has 18 unspecified atom stereocenters. The molecule has 2 aromatic rings. The predicted octanol–water partition coefficient (Wildman–Crippen LogP) is 5.71. The lowest BCUT2D eigenvalue weighted by Gasteiger charge is -2.72. The van der Waals surface area contributed by atoms with Gasteiger partial charge in [0, 0.05) is 59.3 Å². The molecule has 9 fully saturated rings. The van der Waals surface area contributed by atoms with Crippen molar-refractivity contribution in [2.45, 2.75) is 158 Å². The van der Waals surface area contributed by atoms with Gasteiger partial charge in [-0.1, -0.05) is 74.1 Å². The summed E-state index contributed by atoms with van der Waals surface area (Å²) in [5.41, 5.74) is -6.42. The number of allylic oxidation sites excluding steroid dienone is 1. The Kier molecular flexibility index (Phi) is 10.8. The van der Waals surface area contributed by atoms with Gasteiger partial charge in [0.05, 0.1) is 48.4 Å². The van der Waals surface area contributed by atoms with Gasteiger partial charge >= 0.3 is 11.9 Å². The molecule has 5 aliphatic heterocycles. The molecule has 18 atom stereocenters. The van der Waals surface area contributed by atoms with E-state index in [1.54, 1.807) is 6.26 Å². The van der Waals surface area contributed by atoms with Gasteiger partial charge in [-0.15, -0.1) is 0 Å². The van der Waals surface area contributed by atoms with Crippen LogP contribution in [-0.4, -0.2) is 101 Å². The Bertz CT molecular complexity index is 2570. The second kappa shape index (κ2) is 16.3. The number of esters is 2. The smallest absolute Gasteiger partial charge is 0.339 e. The van der Waals surface area contributed by atoms with Crippen molar-refractivity contribution in [3.05, 3.63) is 71.7 Å². The first-order valence-electron chi connectivity index (χ1n) is 27.2. The number of aliphatic hydroxyl groups is 3. The number of Topliss-reactive ketones (excluding diaryl/α,β-unsaturated/α-hetero) is 1. The largest absolute Gasteiger partial charge is 0.469 e. The van der Waals surface area contributed by atoms with Gasteiger partial charge in [0.1, 0.15) is 24.1 Å². The van der Waals surface area contributed by atoms with Crippen molar-refractivity contribution in [2.75, 3.05) is 26.4 Å². The number of ether oxygens (including phenoxy) is 4. The highest BCUT2D eigenvalue weighted by Crippen LogP contribution is 2.85. The van der Waals surface area contributed by atoms with Gasteiger partial charge < -0.3 is 44.0 Å². The number of hydrogen-bond acceptors (Lipinski definition) is 13. The lowest BCUT2D eigenvalue weighted by molar-refractivity contribution is -0.301. The molecule has 0 radical (unpaired) electrons. The van der Waals surface area contributed by atoms with Crippen molar-refractivity contribution >= 4 is 17.7 Å². The van der Waals surface area contributed by atoms with E-state index in [2.05, 4.69) is 65.8 Å². The van der Waals surface area contributed by atoms with Crippen LogP contribution in [0.3, 0.4) is 0 Å². The fourth-order valence-corrected chi connectivity index (χ4v) is 19.1. The highest BCUT2D eigenvalue weighted by atomic mass is 16.7. The molecular formula is C58H72N2O11. The Labute approximate surface area is 416 Å². The Morgan fingerprint density at radius 2 is 1.76 bits per heavy atom. The predicted molar refractivity (Wildman–Crippen MR) is 257 cm³/mol. The lowest BCUT2D eigenvalue weighted by atomic mass is 9.30. The summed E-state index contributed by atoms with van der Waals surface area (Å²) >= 11 is 0. The second-order valence-corrected chi connectivity index (χ2v) is 24.9. The highest BCUT2D eigenvalue weighted by Gasteiger charge is 2.95. The van der Waals surface area contributed by atoms with Gasteiger partial charge in [0.15, 0.2) is 17.5 Å². The Hall–Kier alpha value is -3.87. The molecule has 4 spiro atoms. The third-order valence-corrected chi connectivity index (χ3v) is 21.8. The number of aliphatic hydroxyl groups excluding tert-OH is 3. The maximum absolute atomic E-state index is 16.2. The summed E-state index contributed by atoms with van der Waals surface area (Å²) in [7, 11) is 0. The number of nitrogens with one attached hydrogen (secondary N) is 2. The number of rotatable bonds is 9. The zero-order valence-electron chi connectivity index (χ0n) is 41.5. The van der Waals surface area contributed by atoms with E-state index in [4.69, 9.17) is 23.4 Å². The monoisotopic (exact) mass is 973 g/mol. The average Bonchev–Trinajstić information content (AvgIpc) is 3.89. The van der Waals surface area contributed by atoms with Crippen molar-refractivity contribution in [2.24, 2.45) is 69.0 Å². The number of carbonyl (C=O) groups is 3. The molecule has 13 heteroatoms. The Morgan fingerprint density at radius 3 is 2.51 bits per heavy atom. The van der Waals surface area contributed by atoms with Crippen molar-refractivity contribution in [3.8, 4) is 11.8 Å². The number of fused-ring (bicyclic) bond motifs is 2.